The number of rotatable bonds is 5. The van der Waals surface area contributed by atoms with Crippen LogP contribution in [0.4, 0.5) is 0 Å². The summed E-state index contributed by atoms with van der Waals surface area (Å²) >= 11 is 0. The normalized spacial score (nSPS) is 17.9. The highest BCUT2D eigenvalue weighted by molar-refractivity contribution is 5.93. The van der Waals surface area contributed by atoms with Gasteiger partial charge in [-0.25, -0.2) is 0 Å². The Bertz CT molecular complexity index is 730. The Kier molecular flexibility index (Phi) is 5.33. The molecule has 1 aromatic heterocycles. The molecule has 7 heteroatoms. The first-order valence-corrected chi connectivity index (χ1v) is 8.36. The number of methoxy groups -OCH3 is 1. The average Bonchev–Trinajstić information content (AvgIpc) is 3.12. The third kappa shape index (κ3) is 4.37. The molecule has 0 aliphatic carbocycles. The summed E-state index contributed by atoms with van der Waals surface area (Å²) in [6, 6.07) is 7.72. The Balaban J connectivity index is 1.59. The SMILES string of the molecule is COc1cccc(CN2CCC(NC(=O)c3cn[nH]c3)CCC2=O)c1. The Labute approximate surface area is 146 Å². The fourth-order valence-electron chi connectivity index (χ4n) is 2.98. The standard InChI is InChI=1S/C18H22N4O3/c1-25-16-4-2-3-13(9-16)12-22-8-7-15(5-6-17(22)23)21-18(24)14-10-19-20-11-14/h2-4,9-11,15H,5-8,12H2,1H3,(H,19,20)(H,21,24). The van der Waals surface area contributed by atoms with Gasteiger partial charge in [-0.3, -0.25) is 14.7 Å². The van der Waals surface area contributed by atoms with Gasteiger partial charge in [-0.15, -0.1) is 0 Å². The van der Waals surface area contributed by atoms with Crippen molar-refractivity contribution in [3.8, 4) is 5.75 Å². The molecule has 1 fully saturated rings. The van der Waals surface area contributed by atoms with E-state index in [2.05, 4.69) is 15.5 Å². The highest BCUT2D eigenvalue weighted by Gasteiger charge is 2.24. The zero-order valence-electron chi connectivity index (χ0n) is 14.2. The minimum Gasteiger partial charge on any atom is -0.497 e. The van der Waals surface area contributed by atoms with Gasteiger partial charge in [-0.05, 0) is 30.5 Å². The maximum absolute atomic E-state index is 12.4. The molecule has 1 aromatic carbocycles. The Morgan fingerprint density at radius 1 is 1.44 bits per heavy atom. The Hall–Kier alpha value is -2.83. The minimum absolute atomic E-state index is 0.0124. The van der Waals surface area contributed by atoms with Gasteiger partial charge in [-0.2, -0.15) is 5.10 Å². The lowest BCUT2D eigenvalue weighted by Gasteiger charge is -2.21. The molecule has 1 atom stereocenters. The number of nitrogens with one attached hydrogen (secondary N) is 2. The van der Waals surface area contributed by atoms with Crippen LogP contribution in [0.1, 0.15) is 35.2 Å². The van der Waals surface area contributed by atoms with Crippen LogP contribution < -0.4 is 10.1 Å². The summed E-state index contributed by atoms with van der Waals surface area (Å²) in [6.45, 7) is 1.17. The average molecular weight is 342 g/mol. The molecule has 1 aliphatic heterocycles. The van der Waals surface area contributed by atoms with E-state index >= 15 is 0 Å². The Morgan fingerprint density at radius 3 is 3.08 bits per heavy atom. The van der Waals surface area contributed by atoms with Gasteiger partial charge in [0.2, 0.25) is 5.91 Å². The number of aromatic nitrogens is 2. The smallest absolute Gasteiger partial charge is 0.254 e. The van der Waals surface area contributed by atoms with Crippen molar-refractivity contribution in [1.82, 2.24) is 20.4 Å². The molecule has 2 amide bonds. The van der Waals surface area contributed by atoms with Gasteiger partial charge in [0.1, 0.15) is 5.75 Å². The van der Waals surface area contributed by atoms with Crippen molar-refractivity contribution >= 4 is 11.8 Å². The molecule has 0 radical (unpaired) electrons. The van der Waals surface area contributed by atoms with Gasteiger partial charge in [-0.1, -0.05) is 12.1 Å². The van der Waals surface area contributed by atoms with E-state index in [4.69, 9.17) is 4.74 Å². The quantitative estimate of drug-likeness (QED) is 0.866. The van der Waals surface area contributed by atoms with Crippen LogP contribution in [0, 0.1) is 0 Å². The van der Waals surface area contributed by atoms with E-state index < -0.39 is 0 Å². The first-order valence-electron chi connectivity index (χ1n) is 8.36. The summed E-state index contributed by atoms with van der Waals surface area (Å²) < 4.78 is 5.23. The first-order chi connectivity index (χ1) is 12.2. The van der Waals surface area contributed by atoms with Gasteiger partial charge in [0.05, 0.1) is 18.9 Å². The van der Waals surface area contributed by atoms with Gasteiger partial charge in [0, 0.05) is 31.7 Å². The molecule has 1 aliphatic rings. The highest BCUT2D eigenvalue weighted by Crippen LogP contribution is 2.18. The van der Waals surface area contributed by atoms with E-state index in [1.54, 1.807) is 13.3 Å². The number of carbonyl (C=O) groups excluding carboxylic acids is 2. The van der Waals surface area contributed by atoms with Gasteiger partial charge in [0.15, 0.2) is 0 Å². The van der Waals surface area contributed by atoms with Gasteiger partial charge < -0.3 is 15.0 Å². The molecule has 3 rings (SSSR count). The fourth-order valence-corrected chi connectivity index (χ4v) is 2.98. The van der Waals surface area contributed by atoms with Crippen molar-refractivity contribution in [2.24, 2.45) is 0 Å². The van der Waals surface area contributed by atoms with Crippen molar-refractivity contribution in [1.29, 1.82) is 0 Å². The molecular formula is C18H22N4O3. The number of H-pyrrole nitrogens is 1. The van der Waals surface area contributed by atoms with Crippen LogP contribution in [0.2, 0.25) is 0 Å². The molecular weight excluding hydrogens is 320 g/mol. The third-order valence-electron chi connectivity index (χ3n) is 4.41. The predicted octanol–water partition coefficient (Wildman–Crippen LogP) is 1.73. The molecule has 0 bridgehead atoms. The monoisotopic (exact) mass is 342 g/mol. The molecule has 2 N–H and O–H groups in total. The largest absolute Gasteiger partial charge is 0.497 e. The number of nitrogens with zero attached hydrogens (tertiary/aromatic N) is 2. The highest BCUT2D eigenvalue weighted by atomic mass is 16.5. The van der Waals surface area contributed by atoms with E-state index in [-0.39, 0.29) is 17.9 Å². The second kappa shape index (κ2) is 7.83. The molecule has 0 spiro atoms. The second-order valence-electron chi connectivity index (χ2n) is 6.15. The van der Waals surface area contributed by atoms with Crippen molar-refractivity contribution < 1.29 is 14.3 Å². The summed E-state index contributed by atoms with van der Waals surface area (Å²) in [6.07, 6.45) is 4.87. The van der Waals surface area contributed by atoms with Crippen LogP contribution in [0.25, 0.3) is 0 Å². The maximum Gasteiger partial charge on any atom is 0.254 e. The van der Waals surface area contributed by atoms with Crippen LogP contribution in [0.15, 0.2) is 36.7 Å². The van der Waals surface area contributed by atoms with Crippen molar-refractivity contribution in [3.05, 3.63) is 47.8 Å². The van der Waals surface area contributed by atoms with Crippen molar-refractivity contribution in [3.63, 3.8) is 0 Å². The van der Waals surface area contributed by atoms with Gasteiger partial charge >= 0.3 is 0 Å². The van der Waals surface area contributed by atoms with Crippen LogP contribution in [-0.4, -0.2) is 46.6 Å². The van der Waals surface area contributed by atoms with Crippen LogP contribution in [0.5, 0.6) is 5.75 Å². The summed E-state index contributed by atoms with van der Waals surface area (Å²) in [5, 5.41) is 9.40. The number of ether oxygens (including phenoxy) is 1. The fraction of sp³-hybridized carbons (Fsp3) is 0.389. The summed E-state index contributed by atoms with van der Waals surface area (Å²) in [7, 11) is 1.63. The molecule has 132 valence electrons. The summed E-state index contributed by atoms with van der Waals surface area (Å²) in [5.74, 6) is 0.736. The van der Waals surface area contributed by atoms with E-state index in [0.717, 1.165) is 17.7 Å². The molecule has 25 heavy (non-hydrogen) atoms. The van der Waals surface area contributed by atoms with Crippen LogP contribution in [-0.2, 0) is 11.3 Å². The third-order valence-corrected chi connectivity index (χ3v) is 4.41. The molecule has 1 unspecified atom stereocenters. The number of hydrogen-bond acceptors (Lipinski definition) is 4. The second-order valence-corrected chi connectivity index (χ2v) is 6.15. The molecule has 1 saturated heterocycles. The number of hydrogen-bond donors (Lipinski definition) is 2. The number of aromatic amines is 1. The Morgan fingerprint density at radius 2 is 2.32 bits per heavy atom. The molecule has 7 nitrogen and oxygen atoms in total. The van der Waals surface area contributed by atoms with E-state index in [9.17, 15) is 9.59 Å². The topological polar surface area (TPSA) is 87.3 Å². The lowest BCUT2D eigenvalue weighted by molar-refractivity contribution is -0.131. The van der Waals surface area contributed by atoms with E-state index in [0.29, 0.717) is 31.5 Å². The minimum atomic E-state index is -0.160. The van der Waals surface area contributed by atoms with Crippen molar-refractivity contribution in [2.75, 3.05) is 13.7 Å². The number of benzene rings is 1. The number of carbonyl (C=O) groups is 2. The van der Waals surface area contributed by atoms with Crippen molar-refractivity contribution in [2.45, 2.75) is 31.8 Å². The predicted molar refractivity (Wildman–Crippen MR) is 92.1 cm³/mol. The summed E-state index contributed by atoms with van der Waals surface area (Å²) in [5.41, 5.74) is 1.54. The first kappa shape index (κ1) is 17.0. The van der Waals surface area contributed by atoms with Gasteiger partial charge in [0.25, 0.3) is 5.91 Å². The molecule has 0 saturated carbocycles. The number of likely N-dealkylation sites (tertiary alicyclic amines) is 1. The lowest BCUT2D eigenvalue weighted by Crippen LogP contribution is -2.35. The number of amides is 2. The summed E-state index contributed by atoms with van der Waals surface area (Å²) in [4.78, 5) is 26.4. The lowest BCUT2D eigenvalue weighted by atomic mass is 10.1. The van der Waals surface area contributed by atoms with Crippen LogP contribution >= 0.6 is 0 Å². The van der Waals surface area contributed by atoms with E-state index in [1.165, 1.54) is 6.20 Å². The zero-order chi connectivity index (χ0) is 17.6. The van der Waals surface area contributed by atoms with E-state index in [1.807, 2.05) is 29.2 Å². The maximum atomic E-state index is 12.4. The zero-order valence-corrected chi connectivity index (χ0v) is 14.2. The van der Waals surface area contributed by atoms with Crippen LogP contribution in [0.3, 0.4) is 0 Å². The molecule has 2 heterocycles. The molecule has 2 aromatic rings.